The Bertz CT molecular complexity index is 931. The van der Waals surface area contributed by atoms with Gasteiger partial charge >= 0.3 is 0 Å². The lowest BCUT2D eigenvalue weighted by Crippen LogP contribution is -2.37. The topological polar surface area (TPSA) is 69.2 Å². The first-order chi connectivity index (χ1) is 12.0. The van der Waals surface area contributed by atoms with Crippen LogP contribution >= 0.6 is 0 Å². The van der Waals surface area contributed by atoms with Gasteiger partial charge in [-0.15, -0.1) is 0 Å². The Morgan fingerprint density at radius 3 is 2.88 bits per heavy atom. The van der Waals surface area contributed by atoms with E-state index in [-0.39, 0.29) is 0 Å². The molecule has 2 N–H and O–H groups in total. The van der Waals surface area contributed by atoms with E-state index in [2.05, 4.69) is 14.9 Å². The minimum atomic E-state index is -1.28. The van der Waals surface area contributed by atoms with Gasteiger partial charge in [0.1, 0.15) is 0 Å². The van der Waals surface area contributed by atoms with E-state index in [1.807, 2.05) is 56.4 Å². The second kappa shape index (κ2) is 5.97. The normalized spacial score (nSPS) is 21.3. The standard InChI is InChI=1S/C19H21N3O2S/c1-19(23)10-11-22(2)17-13(6-5-7-14(17)19)12-25(24)18-20-15-8-3-4-9-16(15)21-18/h3-9,23H,10-12H2,1-2H3,(H,20,21). The maximum Gasteiger partial charge on any atom is 0.197 e. The third-order valence-corrected chi connectivity index (χ3v) is 6.08. The molecule has 0 bridgehead atoms. The Kier molecular flexibility index (Phi) is 3.89. The molecule has 0 spiro atoms. The zero-order chi connectivity index (χ0) is 17.6. The van der Waals surface area contributed by atoms with E-state index in [1.54, 1.807) is 0 Å². The summed E-state index contributed by atoms with van der Waals surface area (Å²) in [5.41, 5.74) is 3.72. The third kappa shape index (κ3) is 2.85. The van der Waals surface area contributed by atoms with Crippen molar-refractivity contribution in [3.05, 3.63) is 53.6 Å². The highest BCUT2D eigenvalue weighted by atomic mass is 32.2. The quantitative estimate of drug-likeness (QED) is 0.758. The smallest absolute Gasteiger partial charge is 0.197 e. The fraction of sp³-hybridized carbons (Fsp3) is 0.316. The van der Waals surface area contributed by atoms with Crippen molar-refractivity contribution in [2.45, 2.75) is 29.9 Å². The monoisotopic (exact) mass is 355 g/mol. The summed E-state index contributed by atoms with van der Waals surface area (Å²) >= 11 is 0. The molecule has 1 aliphatic heterocycles. The number of aromatic nitrogens is 2. The average molecular weight is 355 g/mol. The lowest BCUT2D eigenvalue weighted by molar-refractivity contribution is 0.0460. The van der Waals surface area contributed by atoms with Crippen molar-refractivity contribution in [2.24, 2.45) is 0 Å². The molecule has 2 unspecified atom stereocenters. The number of anilines is 1. The van der Waals surface area contributed by atoms with E-state index in [0.717, 1.165) is 34.4 Å². The van der Waals surface area contributed by atoms with E-state index in [9.17, 15) is 9.32 Å². The Balaban J connectivity index is 1.70. The fourth-order valence-electron chi connectivity index (χ4n) is 3.47. The number of para-hydroxylation sites is 3. The first kappa shape index (κ1) is 16.3. The van der Waals surface area contributed by atoms with Crippen molar-refractivity contribution in [3.8, 4) is 0 Å². The molecule has 1 aromatic heterocycles. The molecular weight excluding hydrogens is 334 g/mol. The van der Waals surface area contributed by atoms with Gasteiger partial charge in [-0.3, -0.25) is 4.21 Å². The number of hydrogen-bond donors (Lipinski definition) is 2. The summed E-state index contributed by atoms with van der Waals surface area (Å²) in [4.78, 5) is 9.74. The first-order valence-electron chi connectivity index (χ1n) is 8.35. The largest absolute Gasteiger partial charge is 0.385 e. The average Bonchev–Trinajstić information content (AvgIpc) is 3.03. The Hall–Kier alpha value is -2.18. The number of rotatable bonds is 3. The molecule has 2 heterocycles. The molecule has 0 fully saturated rings. The van der Waals surface area contributed by atoms with Gasteiger partial charge < -0.3 is 15.0 Å². The number of benzene rings is 2. The maximum atomic E-state index is 12.9. The lowest BCUT2D eigenvalue weighted by Gasteiger charge is -2.38. The van der Waals surface area contributed by atoms with Gasteiger partial charge in [-0.1, -0.05) is 30.3 Å². The fourth-order valence-corrected chi connectivity index (χ4v) is 4.55. The predicted octanol–water partition coefficient (Wildman–Crippen LogP) is 2.92. The minimum Gasteiger partial charge on any atom is -0.385 e. The molecule has 0 saturated heterocycles. The number of imidazole rings is 1. The van der Waals surface area contributed by atoms with Crippen LogP contribution in [0.1, 0.15) is 24.5 Å². The number of H-pyrrole nitrogens is 1. The van der Waals surface area contributed by atoms with Crippen LogP contribution in [0, 0.1) is 0 Å². The van der Waals surface area contributed by atoms with Gasteiger partial charge in [0.05, 0.1) is 33.2 Å². The van der Waals surface area contributed by atoms with Crippen molar-refractivity contribution in [1.82, 2.24) is 9.97 Å². The van der Waals surface area contributed by atoms with Crippen LogP contribution in [0.3, 0.4) is 0 Å². The maximum absolute atomic E-state index is 12.9. The van der Waals surface area contributed by atoms with Gasteiger partial charge in [0.2, 0.25) is 0 Å². The Morgan fingerprint density at radius 1 is 1.28 bits per heavy atom. The molecule has 25 heavy (non-hydrogen) atoms. The van der Waals surface area contributed by atoms with Gasteiger partial charge in [0.15, 0.2) is 5.16 Å². The van der Waals surface area contributed by atoms with Crippen molar-refractivity contribution < 1.29 is 9.32 Å². The second-order valence-electron chi connectivity index (χ2n) is 6.81. The SMILES string of the molecule is CN1CCC(C)(O)c2cccc(CS(=O)c3nc4ccccc4[nH]3)c21. The molecule has 0 saturated carbocycles. The zero-order valence-corrected chi connectivity index (χ0v) is 15.1. The highest BCUT2D eigenvalue weighted by Crippen LogP contribution is 2.40. The van der Waals surface area contributed by atoms with Crippen molar-refractivity contribution in [3.63, 3.8) is 0 Å². The molecule has 1 aliphatic rings. The molecule has 2 atom stereocenters. The van der Waals surface area contributed by atoms with Gasteiger partial charge in [-0.25, -0.2) is 4.98 Å². The zero-order valence-electron chi connectivity index (χ0n) is 14.3. The minimum absolute atomic E-state index is 0.364. The number of hydrogen-bond acceptors (Lipinski definition) is 4. The highest BCUT2D eigenvalue weighted by Gasteiger charge is 2.33. The second-order valence-corrected chi connectivity index (χ2v) is 8.17. The van der Waals surface area contributed by atoms with Crippen LogP contribution in [-0.4, -0.2) is 32.9 Å². The molecule has 3 aromatic rings. The van der Waals surface area contributed by atoms with E-state index in [4.69, 9.17) is 0 Å². The Morgan fingerprint density at radius 2 is 2.08 bits per heavy atom. The summed E-state index contributed by atoms with van der Waals surface area (Å²) in [6.07, 6.45) is 0.687. The van der Waals surface area contributed by atoms with Crippen LogP contribution in [0.2, 0.25) is 0 Å². The summed E-state index contributed by atoms with van der Waals surface area (Å²) in [6, 6.07) is 13.5. The van der Waals surface area contributed by atoms with Gasteiger partial charge in [0.25, 0.3) is 0 Å². The summed E-state index contributed by atoms with van der Waals surface area (Å²) < 4.78 is 12.9. The van der Waals surface area contributed by atoms with E-state index in [0.29, 0.717) is 17.3 Å². The summed E-state index contributed by atoms with van der Waals surface area (Å²) in [7, 11) is 0.736. The Labute approximate surface area is 149 Å². The van der Waals surface area contributed by atoms with Gasteiger partial charge in [-0.2, -0.15) is 0 Å². The van der Waals surface area contributed by atoms with Crippen LogP contribution < -0.4 is 4.90 Å². The summed E-state index contributed by atoms with van der Waals surface area (Å²) in [6.45, 7) is 2.62. The number of nitrogens with one attached hydrogen (secondary N) is 1. The predicted molar refractivity (Wildman–Crippen MR) is 100 cm³/mol. The molecule has 0 aliphatic carbocycles. The molecule has 2 aromatic carbocycles. The van der Waals surface area contributed by atoms with E-state index in [1.165, 1.54) is 0 Å². The van der Waals surface area contributed by atoms with E-state index >= 15 is 0 Å². The molecule has 0 radical (unpaired) electrons. The number of nitrogens with zero attached hydrogens (tertiary/aromatic N) is 2. The number of fused-ring (bicyclic) bond motifs is 2. The van der Waals surface area contributed by atoms with Crippen LogP contribution in [-0.2, 0) is 22.2 Å². The van der Waals surface area contributed by atoms with Crippen LogP contribution in [0.4, 0.5) is 5.69 Å². The molecule has 5 nitrogen and oxygen atoms in total. The summed E-state index contributed by atoms with van der Waals surface area (Å²) in [5, 5.41) is 11.2. The van der Waals surface area contributed by atoms with Crippen LogP contribution in [0.5, 0.6) is 0 Å². The molecular formula is C19H21N3O2S. The van der Waals surface area contributed by atoms with Crippen LogP contribution in [0.25, 0.3) is 11.0 Å². The van der Waals surface area contributed by atoms with Gasteiger partial charge in [0, 0.05) is 24.8 Å². The molecule has 0 amide bonds. The van der Waals surface area contributed by atoms with Crippen LogP contribution in [0.15, 0.2) is 47.6 Å². The molecule has 4 rings (SSSR count). The van der Waals surface area contributed by atoms with Crippen molar-refractivity contribution in [1.29, 1.82) is 0 Å². The van der Waals surface area contributed by atoms with Gasteiger partial charge in [-0.05, 0) is 31.0 Å². The van der Waals surface area contributed by atoms with Crippen molar-refractivity contribution >= 4 is 27.5 Å². The first-order valence-corrected chi connectivity index (χ1v) is 9.66. The lowest BCUT2D eigenvalue weighted by atomic mass is 9.86. The highest BCUT2D eigenvalue weighted by molar-refractivity contribution is 7.84. The summed E-state index contributed by atoms with van der Waals surface area (Å²) in [5.74, 6) is 0.364. The molecule has 6 heteroatoms. The molecule has 130 valence electrons. The number of aliphatic hydroxyl groups is 1. The van der Waals surface area contributed by atoms with Crippen molar-refractivity contribution in [2.75, 3.05) is 18.5 Å². The number of aromatic amines is 1. The third-order valence-electron chi connectivity index (χ3n) is 4.89. The van der Waals surface area contributed by atoms with E-state index < -0.39 is 16.4 Å².